The molecule has 2 rings (SSSR count). The van der Waals surface area contributed by atoms with Crippen molar-refractivity contribution < 1.29 is 8.42 Å². The first-order valence-electron chi connectivity index (χ1n) is 5.44. The summed E-state index contributed by atoms with van der Waals surface area (Å²) in [6, 6.07) is 8.69. The van der Waals surface area contributed by atoms with Gasteiger partial charge in [-0.1, -0.05) is 30.9 Å². The Morgan fingerprint density at radius 2 is 2.00 bits per heavy atom. The molecular formula is C14H13NO2S. The molecule has 0 aliphatic rings. The second-order valence-electron chi connectivity index (χ2n) is 3.94. The highest BCUT2D eigenvalue weighted by molar-refractivity contribution is 7.94. The van der Waals surface area contributed by atoms with Crippen LogP contribution in [0.15, 0.2) is 65.1 Å². The van der Waals surface area contributed by atoms with Crippen LogP contribution >= 0.6 is 0 Å². The standard InChI is InChI=1S/C14H13NO2S/c1-3-11(2)10-18(16,17)14-8-9-15-13-7-5-4-6-12(13)14/h3-10H,1H2,2H3/b11-10-. The molecule has 18 heavy (non-hydrogen) atoms. The summed E-state index contributed by atoms with van der Waals surface area (Å²) < 4.78 is 24.5. The highest BCUT2D eigenvalue weighted by Crippen LogP contribution is 2.23. The van der Waals surface area contributed by atoms with Crippen LogP contribution < -0.4 is 0 Å². The predicted octanol–water partition coefficient (Wildman–Crippen LogP) is 3.10. The van der Waals surface area contributed by atoms with E-state index in [1.165, 1.54) is 23.7 Å². The molecule has 0 fully saturated rings. The summed E-state index contributed by atoms with van der Waals surface area (Å²) >= 11 is 0. The third-order valence-corrected chi connectivity index (χ3v) is 4.23. The summed E-state index contributed by atoms with van der Waals surface area (Å²) in [5, 5.41) is 1.86. The summed E-state index contributed by atoms with van der Waals surface area (Å²) in [4.78, 5) is 4.42. The Morgan fingerprint density at radius 1 is 1.28 bits per heavy atom. The number of benzene rings is 1. The molecule has 3 nitrogen and oxygen atoms in total. The maximum Gasteiger partial charge on any atom is 0.200 e. The maximum atomic E-state index is 12.3. The van der Waals surface area contributed by atoms with Gasteiger partial charge in [0.05, 0.1) is 10.4 Å². The monoisotopic (exact) mass is 259 g/mol. The Kier molecular flexibility index (Phi) is 3.30. The van der Waals surface area contributed by atoms with Gasteiger partial charge in [0.25, 0.3) is 0 Å². The van der Waals surface area contributed by atoms with Crippen molar-refractivity contribution in [3.63, 3.8) is 0 Å². The summed E-state index contributed by atoms with van der Waals surface area (Å²) in [6.45, 7) is 5.26. The molecule has 92 valence electrons. The molecule has 2 aromatic rings. The van der Waals surface area contributed by atoms with E-state index >= 15 is 0 Å². The molecule has 0 unspecified atom stereocenters. The Labute approximate surface area is 106 Å². The van der Waals surface area contributed by atoms with E-state index in [0.717, 1.165) is 0 Å². The van der Waals surface area contributed by atoms with Crippen molar-refractivity contribution in [1.29, 1.82) is 0 Å². The normalized spacial score (nSPS) is 12.6. The predicted molar refractivity (Wildman–Crippen MR) is 72.9 cm³/mol. The van der Waals surface area contributed by atoms with Crippen LogP contribution in [-0.2, 0) is 9.84 Å². The van der Waals surface area contributed by atoms with Gasteiger partial charge in [0.15, 0.2) is 0 Å². The lowest BCUT2D eigenvalue weighted by Gasteiger charge is -2.04. The molecule has 0 bridgehead atoms. The highest BCUT2D eigenvalue weighted by atomic mass is 32.2. The number of hydrogen-bond donors (Lipinski definition) is 0. The quantitative estimate of drug-likeness (QED) is 0.796. The fourth-order valence-corrected chi connectivity index (χ4v) is 3.12. The molecule has 0 spiro atoms. The van der Waals surface area contributed by atoms with Crippen molar-refractivity contribution >= 4 is 20.7 Å². The van der Waals surface area contributed by atoms with Gasteiger partial charge < -0.3 is 0 Å². The number of sulfone groups is 1. The fourth-order valence-electron chi connectivity index (χ4n) is 1.67. The van der Waals surface area contributed by atoms with E-state index in [4.69, 9.17) is 0 Å². The van der Waals surface area contributed by atoms with Crippen molar-refractivity contribution in [2.24, 2.45) is 0 Å². The first-order chi connectivity index (χ1) is 8.54. The van der Waals surface area contributed by atoms with Crippen molar-refractivity contribution in [2.75, 3.05) is 0 Å². The number of allylic oxidation sites excluding steroid dienone is 2. The van der Waals surface area contributed by atoms with E-state index in [0.29, 0.717) is 16.5 Å². The van der Waals surface area contributed by atoms with E-state index in [1.807, 2.05) is 6.07 Å². The summed E-state index contributed by atoms with van der Waals surface area (Å²) in [5.74, 6) is 0. The number of rotatable bonds is 3. The SMILES string of the molecule is C=C/C(C)=C\S(=O)(=O)c1ccnc2ccccc12. The Morgan fingerprint density at radius 3 is 2.72 bits per heavy atom. The molecule has 0 amide bonds. The Hall–Kier alpha value is -1.94. The molecule has 1 aromatic carbocycles. The fraction of sp³-hybridized carbons (Fsp3) is 0.0714. The van der Waals surface area contributed by atoms with Gasteiger partial charge in [0, 0.05) is 17.0 Å². The average molecular weight is 259 g/mol. The van der Waals surface area contributed by atoms with Crippen LogP contribution in [0.3, 0.4) is 0 Å². The van der Waals surface area contributed by atoms with Crippen molar-refractivity contribution in [3.8, 4) is 0 Å². The zero-order chi connectivity index (χ0) is 13.2. The van der Waals surface area contributed by atoms with Gasteiger partial charge in [0.2, 0.25) is 9.84 Å². The summed E-state index contributed by atoms with van der Waals surface area (Å²) in [6.07, 6.45) is 3.02. The van der Waals surface area contributed by atoms with Crippen LogP contribution in [0.5, 0.6) is 0 Å². The minimum Gasteiger partial charge on any atom is -0.256 e. The second-order valence-corrected chi connectivity index (χ2v) is 5.70. The lowest BCUT2D eigenvalue weighted by atomic mass is 10.2. The smallest absolute Gasteiger partial charge is 0.200 e. The molecule has 1 heterocycles. The molecule has 0 aliphatic carbocycles. The van der Waals surface area contributed by atoms with E-state index in [1.54, 1.807) is 25.1 Å². The van der Waals surface area contributed by atoms with Crippen LogP contribution in [0, 0.1) is 0 Å². The first-order valence-corrected chi connectivity index (χ1v) is 6.99. The molecule has 0 radical (unpaired) electrons. The van der Waals surface area contributed by atoms with Crippen LogP contribution in [0.1, 0.15) is 6.92 Å². The van der Waals surface area contributed by atoms with E-state index in [-0.39, 0.29) is 4.90 Å². The molecule has 0 aliphatic heterocycles. The number of pyridine rings is 1. The van der Waals surface area contributed by atoms with Crippen molar-refractivity contribution in [2.45, 2.75) is 11.8 Å². The second kappa shape index (κ2) is 4.74. The van der Waals surface area contributed by atoms with Crippen LogP contribution in [0.4, 0.5) is 0 Å². The molecule has 0 saturated heterocycles. The number of fused-ring (bicyclic) bond motifs is 1. The highest BCUT2D eigenvalue weighted by Gasteiger charge is 2.14. The molecular weight excluding hydrogens is 246 g/mol. The lowest BCUT2D eigenvalue weighted by molar-refractivity contribution is 0.605. The molecule has 0 N–H and O–H groups in total. The Bertz CT molecular complexity index is 725. The number of para-hydroxylation sites is 1. The van der Waals surface area contributed by atoms with Gasteiger partial charge in [-0.3, -0.25) is 4.98 Å². The summed E-state index contributed by atoms with van der Waals surface area (Å²) in [5.41, 5.74) is 1.28. The Balaban J connectivity index is 2.72. The van der Waals surface area contributed by atoms with Gasteiger partial charge in [0.1, 0.15) is 0 Å². The lowest BCUT2D eigenvalue weighted by Crippen LogP contribution is -1.99. The van der Waals surface area contributed by atoms with E-state index in [9.17, 15) is 8.42 Å². The first kappa shape index (κ1) is 12.5. The van der Waals surface area contributed by atoms with Crippen molar-refractivity contribution in [3.05, 3.63) is 60.2 Å². The van der Waals surface area contributed by atoms with Gasteiger partial charge in [-0.05, 0) is 24.6 Å². The third kappa shape index (κ3) is 2.33. The van der Waals surface area contributed by atoms with Crippen LogP contribution in [0.25, 0.3) is 10.9 Å². The summed E-state index contributed by atoms with van der Waals surface area (Å²) in [7, 11) is -3.47. The molecule has 0 saturated carbocycles. The minimum absolute atomic E-state index is 0.273. The van der Waals surface area contributed by atoms with Crippen molar-refractivity contribution in [1.82, 2.24) is 4.98 Å². The number of aromatic nitrogens is 1. The van der Waals surface area contributed by atoms with Crippen LogP contribution in [-0.4, -0.2) is 13.4 Å². The van der Waals surface area contributed by atoms with Gasteiger partial charge in [-0.2, -0.15) is 0 Å². The maximum absolute atomic E-state index is 12.3. The molecule has 0 atom stereocenters. The number of nitrogens with zero attached hydrogens (tertiary/aromatic N) is 1. The van der Waals surface area contributed by atoms with Gasteiger partial charge in [-0.25, -0.2) is 8.42 Å². The molecule has 4 heteroatoms. The van der Waals surface area contributed by atoms with Gasteiger partial charge >= 0.3 is 0 Å². The minimum atomic E-state index is -3.47. The molecule has 1 aromatic heterocycles. The topological polar surface area (TPSA) is 47.0 Å². The van der Waals surface area contributed by atoms with E-state index < -0.39 is 9.84 Å². The van der Waals surface area contributed by atoms with E-state index in [2.05, 4.69) is 11.6 Å². The average Bonchev–Trinajstić information content (AvgIpc) is 2.37. The van der Waals surface area contributed by atoms with Crippen LogP contribution in [0.2, 0.25) is 0 Å². The largest absolute Gasteiger partial charge is 0.256 e. The number of hydrogen-bond acceptors (Lipinski definition) is 3. The van der Waals surface area contributed by atoms with Gasteiger partial charge in [-0.15, -0.1) is 0 Å². The zero-order valence-corrected chi connectivity index (χ0v) is 10.8. The third-order valence-electron chi connectivity index (χ3n) is 2.58. The zero-order valence-electron chi connectivity index (χ0n) is 10.00.